The molecule has 19 heavy (non-hydrogen) atoms. The van der Waals surface area contributed by atoms with Crippen LogP contribution >= 0.6 is 11.6 Å². The number of aliphatic hydroxyl groups excluding tert-OH is 1. The van der Waals surface area contributed by atoms with E-state index >= 15 is 0 Å². The molecule has 4 heteroatoms. The zero-order chi connectivity index (χ0) is 13.2. The Bertz CT molecular complexity index is 707. The van der Waals surface area contributed by atoms with Crippen molar-refractivity contribution in [1.29, 1.82) is 0 Å². The highest BCUT2D eigenvalue weighted by molar-refractivity contribution is 6.31. The van der Waals surface area contributed by atoms with Crippen molar-refractivity contribution in [3.8, 4) is 0 Å². The minimum Gasteiger partial charge on any atom is -0.392 e. The summed E-state index contributed by atoms with van der Waals surface area (Å²) in [6.07, 6.45) is 5.57. The summed E-state index contributed by atoms with van der Waals surface area (Å²) in [5.74, 6) is 0. The van der Waals surface area contributed by atoms with Crippen molar-refractivity contribution in [2.24, 2.45) is 0 Å². The fourth-order valence-electron chi connectivity index (χ4n) is 2.29. The zero-order valence-corrected chi connectivity index (χ0v) is 11.0. The van der Waals surface area contributed by atoms with Crippen molar-refractivity contribution in [3.63, 3.8) is 0 Å². The largest absolute Gasteiger partial charge is 0.392 e. The summed E-state index contributed by atoms with van der Waals surface area (Å²) in [5.41, 5.74) is 3.06. The van der Waals surface area contributed by atoms with Gasteiger partial charge >= 0.3 is 0 Å². The van der Waals surface area contributed by atoms with Crippen molar-refractivity contribution < 1.29 is 5.11 Å². The molecule has 1 aromatic carbocycles. The van der Waals surface area contributed by atoms with Gasteiger partial charge in [0.2, 0.25) is 0 Å². The third-order valence-corrected chi connectivity index (χ3v) is 3.41. The standard InChI is InChI=1S/C15H13ClN2O/c16-13-3-4-14-12(10-19)9-18(15(14)6-13)8-11-2-1-5-17-7-11/h1-7,9,19H,8,10H2. The number of hydrogen-bond donors (Lipinski definition) is 1. The molecule has 2 heterocycles. The number of aliphatic hydroxyl groups is 1. The highest BCUT2D eigenvalue weighted by atomic mass is 35.5. The Morgan fingerprint density at radius 2 is 2.16 bits per heavy atom. The number of rotatable bonds is 3. The van der Waals surface area contributed by atoms with Crippen LogP contribution in [-0.4, -0.2) is 14.7 Å². The molecule has 3 aromatic rings. The van der Waals surface area contributed by atoms with Crippen LogP contribution < -0.4 is 0 Å². The first-order valence-electron chi connectivity index (χ1n) is 6.05. The molecular weight excluding hydrogens is 260 g/mol. The minimum absolute atomic E-state index is 0.0260. The summed E-state index contributed by atoms with van der Waals surface area (Å²) in [4.78, 5) is 4.12. The van der Waals surface area contributed by atoms with E-state index in [4.69, 9.17) is 11.6 Å². The number of fused-ring (bicyclic) bond motifs is 1. The normalized spacial score (nSPS) is 11.1. The highest BCUT2D eigenvalue weighted by Crippen LogP contribution is 2.25. The van der Waals surface area contributed by atoms with Crippen LogP contribution in [0.15, 0.2) is 48.9 Å². The second kappa shape index (κ2) is 5.03. The lowest BCUT2D eigenvalue weighted by Crippen LogP contribution is -1.98. The van der Waals surface area contributed by atoms with Gasteiger partial charge < -0.3 is 9.67 Å². The molecule has 0 aliphatic carbocycles. The number of nitrogens with zero attached hydrogens (tertiary/aromatic N) is 2. The van der Waals surface area contributed by atoms with Crippen LogP contribution in [0.3, 0.4) is 0 Å². The smallest absolute Gasteiger partial charge is 0.0702 e. The summed E-state index contributed by atoms with van der Waals surface area (Å²) in [6, 6.07) is 9.66. The zero-order valence-electron chi connectivity index (χ0n) is 10.3. The van der Waals surface area contributed by atoms with Gasteiger partial charge in [-0.25, -0.2) is 0 Å². The molecule has 0 spiro atoms. The van der Waals surface area contributed by atoms with Gasteiger partial charge in [-0.2, -0.15) is 0 Å². The number of halogens is 1. The van der Waals surface area contributed by atoms with Crippen molar-refractivity contribution in [3.05, 3.63) is 65.1 Å². The number of benzene rings is 1. The third kappa shape index (κ3) is 2.35. The first-order chi connectivity index (χ1) is 9.28. The average molecular weight is 273 g/mol. The molecule has 0 aliphatic rings. The van der Waals surface area contributed by atoms with Crippen LogP contribution in [0.1, 0.15) is 11.1 Å². The Labute approximate surface area is 116 Å². The Balaban J connectivity index is 2.10. The van der Waals surface area contributed by atoms with E-state index in [0.29, 0.717) is 11.6 Å². The van der Waals surface area contributed by atoms with E-state index in [2.05, 4.69) is 9.55 Å². The molecule has 1 N–H and O–H groups in total. The molecule has 2 aromatic heterocycles. The summed E-state index contributed by atoms with van der Waals surface area (Å²) in [5, 5.41) is 11.2. The van der Waals surface area contributed by atoms with Gasteiger partial charge in [-0.05, 0) is 23.8 Å². The lowest BCUT2D eigenvalue weighted by atomic mass is 10.2. The molecule has 0 aliphatic heterocycles. The fraction of sp³-hybridized carbons (Fsp3) is 0.133. The third-order valence-electron chi connectivity index (χ3n) is 3.17. The van der Waals surface area contributed by atoms with Gasteiger partial charge in [-0.1, -0.05) is 23.7 Å². The maximum absolute atomic E-state index is 9.43. The number of hydrogen-bond acceptors (Lipinski definition) is 2. The van der Waals surface area contributed by atoms with Crippen LogP contribution in [0.5, 0.6) is 0 Å². The molecule has 0 atom stereocenters. The molecule has 0 bridgehead atoms. The Hall–Kier alpha value is -1.84. The molecule has 0 saturated carbocycles. The van der Waals surface area contributed by atoms with Crippen LogP contribution in [0.2, 0.25) is 5.02 Å². The van der Waals surface area contributed by atoms with E-state index < -0.39 is 0 Å². The molecule has 0 fully saturated rings. The molecule has 96 valence electrons. The highest BCUT2D eigenvalue weighted by Gasteiger charge is 2.08. The molecule has 0 amide bonds. The summed E-state index contributed by atoms with van der Waals surface area (Å²) in [7, 11) is 0. The second-order valence-electron chi connectivity index (χ2n) is 4.46. The van der Waals surface area contributed by atoms with Crippen molar-refractivity contribution in [1.82, 2.24) is 9.55 Å². The van der Waals surface area contributed by atoms with Crippen molar-refractivity contribution in [2.75, 3.05) is 0 Å². The van der Waals surface area contributed by atoms with E-state index in [1.807, 2.05) is 42.7 Å². The van der Waals surface area contributed by atoms with E-state index in [0.717, 1.165) is 22.0 Å². The van der Waals surface area contributed by atoms with Gasteiger partial charge in [-0.3, -0.25) is 4.98 Å². The maximum atomic E-state index is 9.43. The van der Waals surface area contributed by atoms with Gasteiger partial charge in [0.1, 0.15) is 0 Å². The predicted octanol–water partition coefficient (Wildman–Crippen LogP) is 3.23. The lowest BCUT2D eigenvalue weighted by Gasteiger charge is -2.05. The van der Waals surface area contributed by atoms with Crippen LogP contribution in [0, 0.1) is 0 Å². The van der Waals surface area contributed by atoms with Crippen molar-refractivity contribution in [2.45, 2.75) is 13.2 Å². The molecule has 3 nitrogen and oxygen atoms in total. The molecule has 0 saturated heterocycles. The van der Waals surface area contributed by atoms with Gasteiger partial charge in [0.05, 0.1) is 12.1 Å². The topological polar surface area (TPSA) is 38.0 Å². The molecule has 3 rings (SSSR count). The molecular formula is C15H13ClN2O. The van der Waals surface area contributed by atoms with E-state index in [1.165, 1.54) is 0 Å². The Kier molecular flexibility index (Phi) is 3.23. The molecule has 0 radical (unpaired) electrons. The van der Waals surface area contributed by atoms with Gasteiger partial charge in [0.15, 0.2) is 0 Å². The first-order valence-corrected chi connectivity index (χ1v) is 6.43. The Morgan fingerprint density at radius 3 is 2.89 bits per heavy atom. The maximum Gasteiger partial charge on any atom is 0.0702 e. The van der Waals surface area contributed by atoms with Crippen LogP contribution in [-0.2, 0) is 13.2 Å². The van der Waals surface area contributed by atoms with Gasteiger partial charge in [-0.15, -0.1) is 0 Å². The van der Waals surface area contributed by atoms with E-state index in [9.17, 15) is 5.11 Å². The van der Waals surface area contributed by atoms with Crippen LogP contribution in [0.4, 0.5) is 0 Å². The Morgan fingerprint density at radius 1 is 1.26 bits per heavy atom. The minimum atomic E-state index is 0.0260. The monoisotopic (exact) mass is 272 g/mol. The first kappa shape index (κ1) is 12.2. The SMILES string of the molecule is OCc1cn(Cc2cccnc2)c2cc(Cl)ccc12. The molecule has 0 unspecified atom stereocenters. The van der Waals surface area contributed by atoms with Gasteiger partial charge in [0.25, 0.3) is 0 Å². The summed E-state index contributed by atoms with van der Waals surface area (Å²) >= 11 is 6.06. The van der Waals surface area contributed by atoms with E-state index in [-0.39, 0.29) is 6.61 Å². The van der Waals surface area contributed by atoms with Crippen LogP contribution in [0.25, 0.3) is 10.9 Å². The lowest BCUT2D eigenvalue weighted by molar-refractivity contribution is 0.283. The van der Waals surface area contributed by atoms with Gasteiger partial charge in [0, 0.05) is 41.1 Å². The quantitative estimate of drug-likeness (QED) is 0.795. The number of pyridine rings is 1. The number of aromatic nitrogens is 2. The predicted molar refractivity (Wildman–Crippen MR) is 76.2 cm³/mol. The second-order valence-corrected chi connectivity index (χ2v) is 4.90. The van der Waals surface area contributed by atoms with E-state index in [1.54, 1.807) is 6.20 Å². The average Bonchev–Trinajstić information content (AvgIpc) is 2.77. The summed E-state index contributed by atoms with van der Waals surface area (Å²) in [6.45, 7) is 0.739. The summed E-state index contributed by atoms with van der Waals surface area (Å²) < 4.78 is 2.09. The van der Waals surface area contributed by atoms with Crippen molar-refractivity contribution >= 4 is 22.5 Å². The fourth-order valence-corrected chi connectivity index (χ4v) is 2.45.